The molecule has 3 rings (SSSR count). The van der Waals surface area contributed by atoms with Crippen molar-refractivity contribution in [1.82, 2.24) is 36.6 Å². The highest BCUT2D eigenvalue weighted by Gasteiger charge is 2.32. The number of imidazole rings is 1. The first kappa shape index (κ1) is 43.2. The second-order valence-corrected chi connectivity index (χ2v) is 13.0. The Bertz CT molecular complexity index is 1700. The Morgan fingerprint density at radius 3 is 1.73 bits per heavy atom. The van der Waals surface area contributed by atoms with Gasteiger partial charge in [0, 0.05) is 32.0 Å². The van der Waals surface area contributed by atoms with Gasteiger partial charge in [0.15, 0.2) is 5.96 Å². The van der Waals surface area contributed by atoms with Crippen LogP contribution in [0.15, 0.2) is 61.1 Å². The molecule has 5 amide bonds. The lowest BCUT2D eigenvalue weighted by molar-refractivity contribution is -0.134. The molecule has 2 aromatic carbocycles. The maximum Gasteiger partial charge on any atom is 0.243 e. The number of primary amides is 1. The molecule has 1 heterocycles. The summed E-state index contributed by atoms with van der Waals surface area (Å²) in [6.07, 6.45) is 4.64. The van der Waals surface area contributed by atoms with E-state index in [9.17, 15) is 34.2 Å². The van der Waals surface area contributed by atoms with Crippen molar-refractivity contribution in [2.24, 2.45) is 22.9 Å². The second kappa shape index (κ2) is 22.1. The number of H-pyrrole nitrogens is 1. The number of hydrogen-bond acceptors (Lipinski definition) is 11. The van der Waals surface area contributed by atoms with Gasteiger partial charge in [-0.15, -0.1) is 0 Å². The van der Waals surface area contributed by atoms with Crippen molar-refractivity contribution in [2.45, 2.75) is 81.6 Å². The average Bonchev–Trinajstić information content (AvgIpc) is 3.66. The second-order valence-electron chi connectivity index (χ2n) is 13.0. The SMILES string of the molecule is N=C(N)NCCC[C@@H](NC(=O)[C@H](Cc1c[nH]cn1)NC(=O)[C@H](Cc1ccc(O)cc1)NC(=O)[C@@H](N)CCCCN)C(=O)N[C@@H](Cc1ccc(O)cc1)C(N)=O. The lowest BCUT2D eigenvalue weighted by Gasteiger charge is -2.26. The first-order valence-electron chi connectivity index (χ1n) is 17.8. The van der Waals surface area contributed by atoms with Gasteiger partial charge in [0.1, 0.15) is 35.7 Å². The Morgan fingerprint density at radius 2 is 1.20 bits per heavy atom. The number of aromatic amines is 1. The van der Waals surface area contributed by atoms with E-state index in [4.69, 9.17) is 28.3 Å². The molecule has 19 nitrogen and oxygen atoms in total. The first-order valence-corrected chi connectivity index (χ1v) is 17.8. The van der Waals surface area contributed by atoms with E-state index >= 15 is 0 Å². The molecule has 0 aliphatic heterocycles. The van der Waals surface area contributed by atoms with E-state index in [2.05, 4.69) is 36.6 Å². The van der Waals surface area contributed by atoms with Crippen molar-refractivity contribution in [3.8, 4) is 11.5 Å². The van der Waals surface area contributed by atoms with Crippen molar-refractivity contribution in [1.29, 1.82) is 5.41 Å². The number of phenolic OH excluding ortho intramolecular Hbond substituents is 2. The highest BCUT2D eigenvalue weighted by molar-refractivity contribution is 5.96. The Morgan fingerprint density at radius 1 is 0.691 bits per heavy atom. The van der Waals surface area contributed by atoms with Gasteiger partial charge >= 0.3 is 0 Å². The van der Waals surface area contributed by atoms with E-state index in [-0.39, 0.29) is 56.1 Å². The number of guanidine groups is 1. The number of carbonyl (C=O) groups is 5. The molecule has 3 aromatic rings. The standard InChI is InChI=1S/C36H52N12O7/c37-14-2-1-4-26(38)32(52)47-29(17-22-8-12-25(50)13-9-22)34(54)48-30(18-23-19-42-20-44-23)35(55)45-27(5-3-15-43-36(40)41)33(53)46-28(31(39)51)16-21-6-10-24(49)11-7-21/h6-13,19-20,26-30,49-50H,1-5,14-18,37-38H2,(H2,39,51)(H,42,44)(H,45,55)(H,46,53)(H,47,52)(H,48,54)(H4,40,41,43)/t26-,27+,28-,29-,30-/m0/s1. The summed E-state index contributed by atoms with van der Waals surface area (Å²) in [5.74, 6) is -3.96. The van der Waals surface area contributed by atoms with Crippen molar-refractivity contribution >= 4 is 35.5 Å². The molecule has 0 radical (unpaired) electrons. The van der Waals surface area contributed by atoms with Crippen LogP contribution in [0.2, 0.25) is 0 Å². The molecule has 0 bridgehead atoms. The number of carbonyl (C=O) groups excluding carboxylic acids is 5. The highest BCUT2D eigenvalue weighted by atomic mass is 16.3. The van der Waals surface area contributed by atoms with Crippen LogP contribution in [-0.2, 0) is 43.2 Å². The smallest absolute Gasteiger partial charge is 0.243 e. The quantitative estimate of drug-likeness (QED) is 0.0283. The van der Waals surface area contributed by atoms with Crippen LogP contribution < -0.4 is 49.5 Å². The van der Waals surface area contributed by atoms with Crippen LogP contribution >= 0.6 is 0 Å². The molecule has 17 N–H and O–H groups in total. The van der Waals surface area contributed by atoms with Gasteiger partial charge in [0.05, 0.1) is 18.1 Å². The van der Waals surface area contributed by atoms with Gasteiger partial charge in [-0.3, -0.25) is 29.4 Å². The molecule has 0 spiro atoms. The molecule has 0 aliphatic carbocycles. The number of unbranched alkanes of at least 4 members (excludes halogenated alkanes) is 1. The first-order chi connectivity index (χ1) is 26.2. The van der Waals surface area contributed by atoms with Crippen LogP contribution in [0.5, 0.6) is 11.5 Å². The maximum atomic E-state index is 14.0. The van der Waals surface area contributed by atoms with E-state index in [1.807, 2.05) is 0 Å². The van der Waals surface area contributed by atoms with Crippen LogP contribution in [0.4, 0.5) is 0 Å². The van der Waals surface area contributed by atoms with E-state index in [1.165, 1.54) is 36.8 Å². The van der Waals surface area contributed by atoms with Gasteiger partial charge in [0.2, 0.25) is 29.5 Å². The van der Waals surface area contributed by atoms with Crippen LogP contribution in [0.3, 0.4) is 0 Å². The number of hydrogen-bond donors (Lipinski definition) is 13. The third-order valence-electron chi connectivity index (χ3n) is 8.57. The van der Waals surface area contributed by atoms with Crippen LogP contribution in [0, 0.1) is 5.41 Å². The molecule has 55 heavy (non-hydrogen) atoms. The summed E-state index contributed by atoms with van der Waals surface area (Å²) in [6, 6.07) is 6.13. The van der Waals surface area contributed by atoms with Gasteiger partial charge < -0.3 is 64.7 Å². The maximum absolute atomic E-state index is 14.0. The minimum Gasteiger partial charge on any atom is -0.508 e. The largest absolute Gasteiger partial charge is 0.508 e. The fraction of sp³-hybridized carbons (Fsp3) is 0.417. The predicted octanol–water partition coefficient (Wildman–Crippen LogP) is -2.01. The van der Waals surface area contributed by atoms with E-state index in [1.54, 1.807) is 24.3 Å². The fourth-order valence-corrected chi connectivity index (χ4v) is 5.52. The zero-order valence-corrected chi connectivity index (χ0v) is 30.4. The van der Waals surface area contributed by atoms with Crippen molar-refractivity contribution < 1.29 is 34.2 Å². The molecule has 0 fully saturated rings. The summed E-state index contributed by atoms with van der Waals surface area (Å²) in [7, 11) is 0. The van der Waals surface area contributed by atoms with Crippen LogP contribution in [0.25, 0.3) is 0 Å². The van der Waals surface area contributed by atoms with Gasteiger partial charge in [-0.2, -0.15) is 0 Å². The number of rotatable bonds is 23. The number of benzene rings is 2. The molecule has 0 unspecified atom stereocenters. The summed E-state index contributed by atoms with van der Waals surface area (Å²) < 4.78 is 0. The zero-order chi connectivity index (χ0) is 40.3. The Hall–Kier alpha value is -6.21. The van der Waals surface area contributed by atoms with Gasteiger partial charge in [-0.05, 0) is 67.6 Å². The molecular weight excluding hydrogens is 712 g/mol. The average molecular weight is 765 g/mol. The zero-order valence-electron chi connectivity index (χ0n) is 30.4. The Kier molecular flexibility index (Phi) is 17.4. The van der Waals surface area contributed by atoms with E-state index in [0.29, 0.717) is 42.6 Å². The molecule has 19 heteroatoms. The Balaban J connectivity index is 1.86. The van der Waals surface area contributed by atoms with E-state index < -0.39 is 59.7 Å². The molecule has 0 saturated heterocycles. The third kappa shape index (κ3) is 15.4. The fourth-order valence-electron chi connectivity index (χ4n) is 5.52. The van der Waals surface area contributed by atoms with Crippen molar-refractivity contribution in [2.75, 3.05) is 13.1 Å². The van der Waals surface area contributed by atoms with Crippen molar-refractivity contribution in [3.05, 3.63) is 77.9 Å². The van der Waals surface area contributed by atoms with Gasteiger partial charge in [-0.25, -0.2) is 4.98 Å². The minimum atomic E-state index is -1.32. The van der Waals surface area contributed by atoms with Crippen molar-refractivity contribution in [3.63, 3.8) is 0 Å². The van der Waals surface area contributed by atoms with Crippen LogP contribution in [0.1, 0.15) is 48.9 Å². The molecule has 0 aliphatic rings. The molecule has 1 aromatic heterocycles. The topological polar surface area (TPSA) is 343 Å². The predicted molar refractivity (Wildman–Crippen MR) is 203 cm³/mol. The van der Waals surface area contributed by atoms with Crippen LogP contribution in [-0.4, -0.2) is 99.0 Å². The highest BCUT2D eigenvalue weighted by Crippen LogP contribution is 2.14. The number of phenols is 2. The number of nitrogens with zero attached hydrogens (tertiary/aromatic N) is 1. The van der Waals surface area contributed by atoms with Gasteiger partial charge in [0.25, 0.3) is 0 Å². The molecular formula is C36H52N12O7. The molecule has 298 valence electrons. The molecule has 0 saturated carbocycles. The third-order valence-corrected chi connectivity index (χ3v) is 8.57. The number of nitrogens with two attached hydrogens (primary N) is 4. The minimum absolute atomic E-state index is 0.00340. The lowest BCUT2D eigenvalue weighted by Crippen LogP contribution is -2.59. The van der Waals surface area contributed by atoms with Gasteiger partial charge in [-0.1, -0.05) is 30.7 Å². The number of amides is 5. The molecule has 5 atom stereocenters. The lowest BCUT2D eigenvalue weighted by atomic mass is 10.0. The normalized spacial score (nSPS) is 13.6. The summed E-state index contributed by atoms with van der Waals surface area (Å²) in [6.45, 7) is 0.616. The Labute approximate surface area is 318 Å². The summed E-state index contributed by atoms with van der Waals surface area (Å²) >= 11 is 0. The summed E-state index contributed by atoms with van der Waals surface area (Å²) in [5.41, 5.74) is 24.3. The summed E-state index contributed by atoms with van der Waals surface area (Å²) in [4.78, 5) is 74.2. The number of nitrogens with one attached hydrogen (secondary N) is 7. The number of aromatic nitrogens is 2. The monoisotopic (exact) mass is 764 g/mol. The van der Waals surface area contributed by atoms with E-state index in [0.717, 1.165) is 0 Å². The summed E-state index contributed by atoms with van der Waals surface area (Å²) in [5, 5.41) is 40.1. The number of aromatic hydroxyl groups is 2.